The molecule has 5 rings (SSSR count). The zero-order chi connectivity index (χ0) is 22.4. The Bertz CT molecular complexity index is 1060. The standard InChI is InChI=1S/C25H24N2O5/c1-32-19-10-4-14(5-11-19)20(13-21(29)26-17-6-8-18(28)9-7-17)27-24(30)22-15-2-3-16(12-15)23(22)25(27)31/h2-11,15-16,20,22-23,28H,12-13H2,1H3,(H,26,29). The van der Waals surface area contributed by atoms with Crippen LogP contribution in [0.2, 0.25) is 0 Å². The summed E-state index contributed by atoms with van der Waals surface area (Å²) in [5.74, 6) is -0.374. The first-order chi connectivity index (χ1) is 15.5. The van der Waals surface area contributed by atoms with Gasteiger partial charge >= 0.3 is 0 Å². The molecular weight excluding hydrogens is 408 g/mol. The van der Waals surface area contributed by atoms with E-state index < -0.39 is 6.04 Å². The van der Waals surface area contributed by atoms with Crippen LogP contribution in [0, 0.1) is 23.7 Å². The average Bonchev–Trinajstić information content (AvgIpc) is 3.48. The Morgan fingerprint density at radius 3 is 2.19 bits per heavy atom. The Hall–Kier alpha value is -3.61. The molecule has 2 aromatic carbocycles. The monoisotopic (exact) mass is 432 g/mol. The number of benzene rings is 2. The number of phenolic OH excluding ortho intramolecular Hbond substituents is 1. The molecule has 3 amide bonds. The number of carbonyl (C=O) groups is 3. The van der Waals surface area contributed by atoms with E-state index in [0.717, 1.165) is 6.42 Å². The molecule has 1 heterocycles. The van der Waals surface area contributed by atoms with Crippen molar-refractivity contribution in [3.63, 3.8) is 0 Å². The number of nitrogens with one attached hydrogen (secondary N) is 1. The number of amides is 3. The predicted molar refractivity (Wildman–Crippen MR) is 117 cm³/mol. The van der Waals surface area contributed by atoms with Gasteiger partial charge in [-0.05, 0) is 60.2 Å². The maximum Gasteiger partial charge on any atom is 0.234 e. The number of ether oxygens (including phenoxy) is 1. The Kier molecular flexibility index (Phi) is 4.96. The lowest BCUT2D eigenvalue weighted by Gasteiger charge is -2.28. The number of hydrogen-bond acceptors (Lipinski definition) is 5. The van der Waals surface area contributed by atoms with Crippen LogP contribution in [0.15, 0.2) is 60.7 Å². The van der Waals surface area contributed by atoms with Crippen molar-refractivity contribution in [2.24, 2.45) is 23.7 Å². The number of anilines is 1. The van der Waals surface area contributed by atoms with Crippen LogP contribution >= 0.6 is 0 Å². The van der Waals surface area contributed by atoms with Gasteiger partial charge in [-0.3, -0.25) is 19.3 Å². The molecule has 32 heavy (non-hydrogen) atoms. The third-order valence-corrected chi connectivity index (χ3v) is 6.85. The van der Waals surface area contributed by atoms with Gasteiger partial charge in [0.25, 0.3) is 0 Å². The van der Waals surface area contributed by atoms with Gasteiger partial charge in [-0.25, -0.2) is 0 Å². The fourth-order valence-electron chi connectivity index (χ4n) is 5.35. The van der Waals surface area contributed by atoms with Crippen LogP contribution in [0.25, 0.3) is 0 Å². The molecule has 7 heteroatoms. The number of methoxy groups -OCH3 is 1. The topological polar surface area (TPSA) is 95.9 Å². The van der Waals surface area contributed by atoms with Crippen LogP contribution in [0.3, 0.4) is 0 Å². The van der Waals surface area contributed by atoms with Crippen molar-refractivity contribution in [3.05, 3.63) is 66.2 Å². The number of hydrogen-bond donors (Lipinski definition) is 2. The van der Waals surface area contributed by atoms with Crippen molar-refractivity contribution in [1.29, 1.82) is 0 Å². The lowest BCUT2D eigenvalue weighted by atomic mass is 9.85. The molecule has 1 saturated heterocycles. The Balaban J connectivity index is 1.43. The van der Waals surface area contributed by atoms with Crippen molar-refractivity contribution in [1.82, 2.24) is 4.90 Å². The van der Waals surface area contributed by atoms with Gasteiger partial charge in [0.05, 0.1) is 31.4 Å². The van der Waals surface area contributed by atoms with Gasteiger partial charge in [-0.15, -0.1) is 0 Å². The summed E-state index contributed by atoms with van der Waals surface area (Å²) >= 11 is 0. The molecule has 5 atom stereocenters. The minimum absolute atomic E-state index is 0.0626. The highest BCUT2D eigenvalue weighted by atomic mass is 16.5. The second-order valence-electron chi connectivity index (χ2n) is 8.63. The van der Waals surface area contributed by atoms with Gasteiger partial charge < -0.3 is 15.2 Å². The first kappa shape index (κ1) is 20.3. The van der Waals surface area contributed by atoms with E-state index in [9.17, 15) is 19.5 Å². The minimum atomic E-state index is -0.706. The van der Waals surface area contributed by atoms with Gasteiger partial charge in [0.2, 0.25) is 17.7 Å². The van der Waals surface area contributed by atoms with Gasteiger partial charge in [0.1, 0.15) is 11.5 Å². The van der Waals surface area contributed by atoms with Crippen LogP contribution < -0.4 is 10.1 Å². The maximum atomic E-state index is 13.4. The summed E-state index contributed by atoms with van der Waals surface area (Å²) in [6.45, 7) is 0. The van der Waals surface area contributed by atoms with Crippen LogP contribution in [0.4, 0.5) is 5.69 Å². The van der Waals surface area contributed by atoms with E-state index in [1.807, 2.05) is 0 Å². The highest BCUT2D eigenvalue weighted by Gasteiger charge is 2.60. The van der Waals surface area contributed by atoms with E-state index in [1.54, 1.807) is 43.5 Å². The van der Waals surface area contributed by atoms with Crippen molar-refractivity contribution in [2.75, 3.05) is 12.4 Å². The average molecular weight is 432 g/mol. The zero-order valence-corrected chi connectivity index (χ0v) is 17.6. The predicted octanol–water partition coefficient (Wildman–Crippen LogP) is 3.28. The molecule has 2 bridgehead atoms. The molecular formula is C25H24N2O5. The summed E-state index contributed by atoms with van der Waals surface area (Å²) in [4.78, 5) is 41.0. The first-order valence-electron chi connectivity index (χ1n) is 10.7. The summed E-state index contributed by atoms with van der Waals surface area (Å²) in [6, 6.07) is 12.5. The van der Waals surface area contributed by atoms with Gasteiger partial charge in [0, 0.05) is 5.69 Å². The fraction of sp³-hybridized carbons (Fsp3) is 0.320. The lowest BCUT2D eigenvalue weighted by molar-refractivity contribution is -0.144. The van der Waals surface area contributed by atoms with Crippen molar-refractivity contribution in [2.45, 2.75) is 18.9 Å². The molecule has 2 fully saturated rings. The van der Waals surface area contributed by atoms with E-state index in [4.69, 9.17) is 4.74 Å². The first-order valence-corrected chi connectivity index (χ1v) is 10.7. The summed E-state index contributed by atoms with van der Waals surface area (Å²) < 4.78 is 5.23. The van der Waals surface area contributed by atoms with E-state index in [-0.39, 0.29) is 53.6 Å². The molecule has 7 nitrogen and oxygen atoms in total. The zero-order valence-electron chi connectivity index (χ0n) is 17.6. The molecule has 2 aromatic rings. The number of nitrogens with zero attached hydrogens (tertiary/aromatic N) is 1. The highest BCUT2D eigenvalue weighted by molar-refractivity contribution is 6.07. The molecule has 0 aromatic heterocycles. The Morgan fingerprint density at radius 2 is 1.62 bits per heavy atom. The Labute approximate surface area is 185 Å². The number of phenols is 1. The fourth-order valence-corrected chi connectivity index (χ4v) is 5.35. The molecule has 5 unspecified atom stereocenters. The van der Waals surface area contributed by atoms with Gasteiger partial charge in [-0.1, -0.05) is 24.3 Å². The molecule has 0 spiro atoms. The van der Waals surface area contributed by atoms with Gasteiger partial charge in [-0.2, -0.15) is 0 Å². The summed E-state index contributed by atoms with van der Waals surface area (Å²) in [5.41, 5.74) is 1.23. The van der Waals surface area contributed by atoms with Crippen LogP contribution in [0.1, 0.15) is 24.4 Å². The van der Waals surface area contributed by atoms with Gasteiger partial charge in [0.15, 0.2) is 0 Å². The van der Waals surface area contributed by atoms with E-state index in [2.05, 4.69) is 17.5 Å². The number of fused-ring (bicyclic) bond motifs is 5. The highest BCUT2D eigenvalue weighted by Crippen LogP contribution is 2.54. The van der Waals surface area contributed by atoms with Crippen molar-refractivity contribution < 1.29 is 24.2 Å². The smallest absolute Gasteiger partial charge is 0.234 e. The number of imide groups is 1. The molecule has 1 aliphatic heterocycles. The summed E-state index contributed by atoms with van der Waals surface area (Å²) in [6.07, 6.45) is 4.91. The van der Waals surface area contributed by atoms with E-state index in [1.165, 1.54) is 17.0 Å². The molecule has 2 N–H and O–H groups in total. The number of allylic oxidation sites excluding steroid dienone is 2. The second kappa shape index (κ2) is 7.82. The van der Waals surface area contributed by atoms with Crippen molar-refractivity contribution in [3.8, 4) is 11.5 Å². The molecule has 2 aliphatic carbocycles. The van der Waals surface area contributed by atoms with E-state index in [0.29, 0.717) is 17.0 Å². The number of rotatable bonds is 6. The molecule has 1 saturated carbocycles. The summed E-state index contributed by atoms with van der Waals surface area (Å²) in [5, 5.41) is 12.2. The largest absolute Gasteiger partial charge is 0.508 e. The van der Waals surface area contributed by atoms with E-state index >= 15 is 0 Å². The normalized spacial score (nSPS) is 26.3. The SMILES string of the molecule is COc1ccc(C(CC(=O)Nc2ccc(O)cc2)N2C(=O)C3C4C=CC(C4)C3C2=O)cc1. The number of aromatic hydroxyl groups is 1. The maximum absolute atomic E-state index is 13.4. The molecule has 3 aliphatic rings. The third kappa shape index (κ3) is 3.34. The molecule has 164 valence electrons. The van der Waals surface area contributed by atoms with Crippen LogP contribution in [0.5, 0.6) is 11.5 Å². The third-order valence-electron chi connectivity index (χ3n) is 6.85. The summed E-state index contributed by atoms with van der Waals surface area (Å²) in [7, 11) is 1.56. The molecule has 0 radical (unpaired) electrons. The second-order valence-corrected chi connectivity index (χ2v) is 8.63. The quantitative estimate of drug-likeness (QED) is 0.415. The number of likely N-dealkylation sites (tertiary alicyclic amines) is 1. The lowest BCUT2D eigenvalue weighted by Crippen LogP contribution is -2.38. The van der Waals surface area contributed by atoms with Crippen LogP contribution in [-0.2, 0) is 14.4 Å². The van der Waals surface area contributed by atoms with Crippen LogP contribution in [-0.4, -0.2) is 34.8 Å². The Morgan fingerprint density at radius 1 is 1.03 bits per heavy atom. The minimum Gasteiger partial charge on any atom is -0.508 e. The number of carbonyl (C=O) groups excluding carboxylic acids is 3. The van der Waals surface area contributed by atoms with Crippen molar-refractivity contribution >= 4 is 23.4 Å².